The molecule has 0 spiro atoms. The maximum atomic E-state index is 5.48. The van der Waals surface area contributed by atoms with Crippen molar-refractivity contribution in [3.8, 4) is 11.5 Å². The van der Waals surface area contributed by atoms with Gasteiger partial charge in [0.05, 0.1) is 0 Å². The standard InChI is InChI=1S/C22H28N2O2/c1-24(2)22(18-6-4-3-5-7-18)12-10-19(11-13-22)23-15-17-8-9-20-21(14-17)26-16-25-20/h3-9,14,19,23H,10-13,15-16H2,1-2H3. The molecule has 0 bridgehead atoms. The number of hydrogen-bond donors (Lipinski definition) is 1. The molecule has 1 aliphatic heterocycles. The lowest BCUT2D eigenvalue weighted by Crippen LogP contribution is -2.47. The van der Waals surface area contributed by atoms with E-state index in [0.29, 0.717) is 12.8 Å². The first-order valence-electron chi connectivity index (χ1n) is 9.52. The topological polar surface area (TPSA) is 33.7 Å². The van der Waals surface area contributed by atoms with E-state index in [-0.39, 0.29) is 5.54 Å². The predicted octanol–water partition coefficient (Wildman–Crippen LogP) is 3.90. The number of fused-ring (bicyclic) bond motifs is 1. The van der Waals surface area contributed by atoms with Crippen LogP contribution < -0.4 is 14.8 Å². The van der Waals surface area contributed by atoms with Crippen LogP contribution >= 0.6 is 0 Å². The lowest BCUT2D eigenvalue weighted by atomic mass is 9.74. The fourth-order valence-corrected chi connectivity index (χ4v) is 4.36. The van der Waals surface area contributed by atoms with Crippen LogP contribution in [0.3, 0.4) is 0 Å². The summed E-state index contributed by atoms with van der Waals surface area (Å²) in [5.74, 6) is 1.72. The highest BCUT2D eigenvalue weighted by atomic mass is 16.7. The van der Waals surface area contributed by atoms with E-state index in [4.69, 9.17) is 9.47 Å². The third kappa shape index (κ3) is 3.31. The number of benzene rings is 2. The van der Waals surface area contributed by atoms with Crippen LogP contribution in [0.25, 0.3) is 0 Å². The molecule has 1 N–H and O–H groups in total. The van der Waals surface area contributed by atoms with E-state index >= 15 is 0 Å². The van der Waals surface area contributed by atoms with Crippen molar-refractivity contribution < 1.29 is 9.47 Å². The van der Waals surface area contributed by atoms with Crippen LogP contribution in [0.5, 0.6) is 11.5 Å². The number of hydrogen-bond acceptors (Lipinski definition) is 4. The molecule has 0 unspecified atom stereocenters. The monoisotopic (exact) mass is 352 g/mol. The van der Waals surface area contributed by atoms with Crippen LogP contribution in [0.4, 0.5) is 0 Å². The Labute approximate surface area is 156 Å². The number of ether oxygens (including phenoxy) is 2. The summed E-state index contributed by atoms with van der Waals surface area (Å²) in [6.45, 7) is 1.21. The van der Waals surface area contributed by atoms with E-state index in [1.165, 1.54) is 36.8 Å². The fraction of sp³-hybridized carbons (Fsp3) is 0.455. The van der Waals surface area contributed by atoms with Crippen LogP contribution in [0, 0.1) is 0 Å². The Hall–Kier alpha value is -2.04. The molecule has 1 aliphatic carbocycles. The first-order valence-corrected chi connectivity index (χ1v) is 9.52. The van der Waals surface area contributed by atoms with Crippen molar-refractivity contribution in [3.05, 3.63) is 59.7 Å². The Morgan fingerprint density at radius 3 is 2.46 bits per heavy atom. The second-order valence-electron chi connectivity index (χ2n) is 7.63. The van der Waals surface area contributed by atoms with Gasteiger partial charge in [0.1, 0.15) is 0 Å². The second-order valence-corrected chi connectivity index (χ2v) is 7.63. The largest absolute Gasteiger partial charge is 0.454 e. The van der Waals surface area contributed by atoms with Gasteiger partial charge in [-0.2, -0.15) is 0 Å². The second kappa shape index (κ2) is 7.29. The summed E-state index contributed by atoms with van der Waals surface area (Å²) in [7, 11) is 4.43. The Bertz CT molecular complexity index is 737. The van der Waals surface area contributed by atoms with E-state index in [2.05, 4.69) is 66.8 Å². The average Bonchev–Trinajstić information content (AvgIpc) is 3.15. The molecule has 4 rings (SSSR count). The van der Waals surface area contributed by atoms with Gasteiger partial charge in [0.2, 0.25) is 6.79 Å². The van der Waals surface area contributed by atoms with Gasteiger partial charge in [0, 0.05) is 18.1 Å². The normalized spacial score (nSPS) is 24.8. The first-order chi connectivity index (χ1) is 12.7. The average molecular weight is 352 g/mol. The Balaban J connectivity index is 1.37. The fourth-order valence-electron chi connectivity index (χ4n) is 4.36. The molecule has 2 aliphatic rings. The Morgan fingerprint density at radius 2 is 1.73 bits per heavy atom. The molecule has 2 aromatic carbocycles. The number of nitrogens with one attached hydrogen (secondary N) is 1. The first kappa shape index (κ1) is 17.4. The number of nitrogens with zero attached hydrogens (tertiary/aromatic N) is 1. The van der Waals surface area contributed by atoms with E-state index < -0.39 is 0 Å². The Morgan fingerprint density at radius 1 is 1.00 bits per heavy atom. The molecule has 0 amide bonds. The molecule has 4 heteroatoms. The highest BCUT2D eigenvalue weighted by Gasteiger charge is 2.38. The minimum atomic E-state index is 0.165. The predicted molar refractivity (Wildman–Crippen MR) is 103 cm³/mol. The minimum absolute atomic E-state index is 0.165. The molecule has 1 heterocycles. The molecule has 26 heavy (non-hydrogen) atoms. The van der Waals surface area contributed by atoms with Crippen molar-refractivity contribution in [1.29, 1.82) is 0 Å². The molecule has 0 saturated heterocycles. The molecule has 0 radical (unpaired) electrons. The molecule has 1 fully saturated rings. The van der Waals surface area contributed by atoms with E-state index in [0.717, 1.165) is 18.0 Å². The van der Waals surface area contributed by atoms with Crippen molar-refractivity contribution in [2.24, 2.45) is 0 Å². The maximum Gasteiger partial charge on any atom is 0.231 e. The lowest BCUT2D eigenvalue weighted by molar-refractivity contribution is 0.0853. The van der Waals surface area contributed by atoms with Crippen LogP contribution in [0.1, 0.15) is 36.8 Å². The number of rotatable bonds is 5. The molecule has 4 nitrogen and oxygen atoms in total. The van der Waals surface area contributed by atoms with Crippen molar-refractivity contribution in [2.45, 2.75) is 43.8 Å². The van der Waals surface area contributed by atoms with Crippen LogP contribution in [-0.2, 0) is 12.1 Å². The van der Waals surface area contributed by atoms with Gasteiger partial charge < -0.3 is 14.8 Å². The molecule has 138 valence electrons. The molecule has 0 atom stereocenters. The summed E-state index contributed by atoms with van der Waals surface area (Å²) in [5, 5.41) is 3.74. The third-order valence-corrected chi connectivity index (χ3v) is 6.01. The summed E-state index contributed by atoms with van der Waals surface area (Å²) >= 11 is 0. The van der Waals surface area contributed by atoms with Gasteiger partial charge in [-0.15, -0.1) is 0 Å². The van der Waals surface area contributed by atoms with Gasteiger partial charge in [-0.3, -0.25) is 4.90 Å². The lowest BCUT2D eigenvalue weighted by Gasteiger charge is -2.45. The zero-order valence-corrected chi connectivity index (χ0v) is 15.7. The SMILES string of the molecule is CN(C)C1(c2ccccc2)CCC(NCc2ccc3c(c2)OCO3)CC1. The van der Waals surface area contributed by atoms with E-state index in [9.17, 15) is 0 Å². The minimum Gasteiger partial charge on any atom is -0.454 e. The van der Waals surface area contributed by atoms with Gasteiger partial charge in [-0.05, 0) is 63.0 Å². The van der Waals surface area contributed by atoms with E-state index in [1.807, 2.05) is 6.07 Å². The van der Waals surface area contributed by atoms with Crippen molar-refractivity contribution in [2.75, 3.05) is 20.9 Å². The summed E-state index contributed by atoms with van der Waals surface area (Å²) in [5.41, 5.74) is 2.86. The summed E-state index contributed by atoms with van der Waals surface area (Å²) < 4.78 is 10.9. The highest BCUT2D eigenvalue weighted by Crippen LogP contribution is 2.41. The van der Waals surface area contributed by atoms with Gasteiger partial charge in [-0.1, -0.05) is 36.4 Å². The smallest absolute Gasteiger partial charge is 0.231 e. The summed E-state index contributed by atoms with van der Waals surface area (Å²) in [4.78, 5) is 2.41. The van der Waals surface area contributed by atoms with Crippen molar-refractivity contribution >= 4 is 0 Å². The molecule has 1 saturated carbocycles. The van der Waals surface area contributed by atoms with Gasteiger partial charge in [0.25, 0.3) is 0 Å². The quantitative estimate of drug-likeness (QED) is 0.885. The van der Waals surface area contributed by atoms with Crippen LogP contribution in [-0.4, -0.2) is 31.8 Å². The van der Waals surface area contributed by atoms with Crippen molar-refractivity contribution in [1.82, 2.24) is 10.2 Å². The maximum absolute atomic E-state index is 5.48. The zero-order chi connectivity index (χ0) is 18.0. The zero-order valence-electron chi connectivity index (χ0n) is 15.7. The summed E-state index contributed by atoms with van der Waals surface area (Å²) in [6.07, 6.45) is 4.75. The molecular formula is C22H28N2O2. The van der Waals surface area contributed by atoms with Crippen LogP contribution in [0.2, 0.25) is 0 Å². The van der Waals surface area contributed by atoms with Crippen LogP contribution in [0.15, 0.2) is 48.5 Å². The molecule has 0 aromatic heterocycles. The molecule has 2 aromatic rings. The van der Waals surface area contributed by atoms with Gasteiger partial charge >= 0.3 is 0 Å². The van der Waals surface area contributed by atoms with Gasteiger partial charge in [-0.25, -0.2) is 0 Å². The van der Waals surface area contributed by atoms with Gasteiger partial charge in [0.15, 0.2) is 11.5 Å². The third-order valence-electron chi connectivity index (χ3n) is 6.01. The van der Waals surface area contributed by atoms with E-state index in [1.54, 1.807) is 0 Å². The van der Waals surface area contributed by atoms with Crippen molar-refractivity contribution in [3.63, 3.8) is 0 Å². The molecular weight excluding hydrogens is 324 g/mol. The summed E-state index contributed by atoms with van der Waals surface area (Å²) in [6, 6.07) is 17.8. The highest BCUT2D eigenvalue weighted by molar-refractivity contribution is 5.44. The Kier molecular flexibility index (Phi) is 4.88.